The lowest BCUT2D eigenvalue weighted by molar-refractivity contribution is -0.161. The minimum Gasteiger partial charge on any atom is -0.462 e. The molecule has 0 aromatic rings. The van der Waals surface area contributed by atoms with Gasteiger partial charge in [0.15, 0.2) is 12.2 Å². The topological polar surface area (TPSA) is 237 Å². The molecule has 0 bridgehead atoms. The van der Waals surface area contributed by atoms with E-state index in [4.69, 9.17) is 37.0 Å². The van der Waals surface area contributed by atoms with Crippen LogP contribution in [0.4, 0.5) is 0 Å². The summed E-state index contributed by atoms with van der Waals surface area (Å²) in [6.07, 6.45) is 38.9. The third-order valence-corrected chi connectivity index (χ3v) is 17.8. The van der Waals surface area contributed by atoms with Gasteiger partial charge in [0.05, 0.1) is 26.4 Å². The third-order valence-electron chi connectivity index (χ3n) is 15.9. The fourth-order valence-electron chi connectivity index (χ4n) is 9.77. The van der Waals surface area contributed by atoms with Crippen LogP contribution in [-0.4, -0.2) is 96.7 Å². The van der Waals surface area contributed by atoms with Crippen molar-refractivity contribution >= 4 is 39.5 Å². The molecule has 0 fully saturated rings. The molecule has 7 atom stereocenters. The lowest BCUT2D eigenvalue weighted by atomic mass is 10.00. The molecular formula is C66H128O17P2. The first-order valence-electron chi connectivity index (χ1n) is 34.4. The van der Waals surface area contributed by atoms with E-state index in [2.05, 4.69) is 48.5 Å². The number of carbonyl (C=O) groups excluding carboxylic acids is 4. The first-order valence-corrected chi connectivity index (χ1v) is 37.4. The number of aliphatic hydroxyl groups is 1. The number of unbranched alkanes of at least 4 members (excludes halogenated alkanes) is 30. The molecule has 85 heavy (non-hydrogen) atoms. The number of phosphoric ester groups is 2. The van der Waals surface area contributed by atoms with Crippen LogP contribution in [0.1, 0.15) is 325 Å². The molecule has 0 aromatic carbocycles. The van der Waals surface area contributed by atoms with E-state index in [1.54, 1.807) is 0 Å². The molecule has 17 nitrogen and oxygen atoms in total. The van der Waals surface area contributed by atoms with Gasteiger partial charge in [0.2, 0.25) is 0 Å². The lowest BCUT2D eigenvalue weighted by Crippen LogP contribution is -2.30. The van der Waals surface area contributed by atoms with E-state index in [0.717, 1.165) is 114 Å². The number of rotatable bonds is 64. The summed E-state index contributed by atoms with van der Waals surface area (Å²) in [5.74, 6) is 0.0920. The van der Waals surface area contributed by atoms with Gasteiger partial charge in [-0.25, -0.2) is 9.13 Å². The first-order chi connectivity index (χ1) is 40.8. The molecule has 504 valence electrons. The van der Waals surface area contributed by atoms with E-state index >= 15 is 0 Å². The Morgan fingerprint density at radius 2 is 0.600 bits per heavy atom. The second kappa shape index (κ2) is 57.2. The van der Waals surface area contributed by atoms with E-state index in [9.17, 15) is 43.2 Å². The van der Waals surface area contributed by atoms with Gasteiger partial charge in [0.1, 0.15) is 19.3 Å². The summed E-state index contributed by atoms with van der Waals surface area (Å²) in [6, 6.07) is 0. The summed E-state index contributed by atoms with van der Waals surface area (Å²) in [7, 11) is -9.89. The Labute approximate surface area is 517 Å². The predicted octanol–water partition coefficient (Wildman–Crippen LogP) is 18.3. The summed E-state index contributed by atoms with van der Waals surface area (Å²) >= 11 is 0. The van der Waals surface area contributed by atoms with E-state index in [-0.39, 0.29) is 25.7 Å². The van der Waals surface area contributed by atoms with Crippen molar-refractivity contribution in [2.75, 3.05) is 39.6 Å². The van der Waals surface area contributed by atoms with Crippen LogP contribution in [0.15, 0.2) is 0 Å². The lowest BCUT2D eigenvalue weighted by Gasteiger charge is -2.21. The third kappa shape index (κ3) is 58.2. The maximum atomic E-state index is 13.0. The largest absolute Gasteiger partial charge is 0.472 e. The molecule has 0 amide bonds. The maximum Gasteiger partial charge on any atom is 0.472 e. The van der Waals surface area contributed by atoms with Crippen LogP contribution in [-0.2, 0) is 65.4 Å². The molecule has 0 heterocycles. The van der Waals surface area contributed by atoms with Crippen LogP contribution in [0.25, 0.3) is 0 Å². The summed E-state index contributed by atoms with van der Waals surface area (Å²) in [5.41, 5.74) is 0. The number of ether oxygens (including phenoxy) is 4. The minimum absolute atomic E-state index is 0.103. The maximum absolute atomic E-state index is 13.0. The van der Waals surface area contributed by atoms with Crippen molar-refractivity contribution < 1.29 is 80.2 Å². The highest BCUT2D eigenvalue weighted by atomic mass is 31.2. The van der Waals surface area contributed by atoms with Gasteiger partial charge in [0, 0.05) is 25.7 Å². The Hall–Kier alpha value is -1.94. The normalized spacial score (nSPS) is 15.0. The van der Waals surface area contributed by atoms with Gasteiger partial charge in [0.25, 0.3) is 0 Å². The Balaban J connectivity index is 5.24. The highest BCUT2D eigenvalue weighted by Gasteiger charge is 2.30. The molecule has 0 radical (unpaired) electrons. The number of phosphoric acid groups is 2. The Kier molecular flexibility index (Phi) is 55.9. The fourth-order valence-corrected chi connectivity index (χ4v) is 11.3. The SMILES string of the molecule is CCCCCCCCCCCCC(=O)OC[C@H](COP(=O)(O)OC[C@H](O)COP(=O)(O)OC[C@@H](COC(=O)CCCCCCCCC(C)CC)OC(=O)CCCCCCCCCCCCCCC(C)C)OC(=O)CCCCCCCCC(C)CC. The second-order valence-corrected chi connectivity index (χ2v) is 27.7. The van der Waals surface area contributed by atoms with Gasteiger partial charge in [-0.3, -0.25) is 37.3 Å². The highest BCUT2D eigenvalue weighted by molar-refractivity contribution is 7.47. The van der Waals surface area contributed by atoms with Crippen molar-refractivity contribution in [1.82, 2.24) is 0 Å². The zero-order chi connectivity index (χ0) is 63.1. The van der Waals surface area contributed by atoms with Gasteiger partial charge < -0.3 is 33.8 Å². The van der Waals surface area contributed by atoms with Gasteiger partial charge in [-0.2, -0.15) is 0 Å². The monoisotopic (exact) mass is 1250 g/mol. The fraction of sp³-hybridized carbons (Fsp3) is 0.939. The molecule has 0 aliphatic rings. The van der Waals surface area contributed by atoms with Crippen molar-refractivity contribution in [3.05, 3.63) is 0 Å². The number of carbonyl (C=O) groups is 4. The van der Waals surface area contributed by atoms with E-state index in [0.29, 0.717) is 25.7 Å². The number of esters is 4. The highest BCUT2D eigenvalue weighted by Crippen LogP contribution is 2.45. The van der Waals surface area contributed by atoms with Crippen molar-refractivity contribution in [1.29, 1.82) is 0 Å². The average molecular weight is 1260 g/mol. The standard InChI is InChI=1S/C66H128O17P2/c1-8-11-12-13-14-15-21-24-33-40-47-63(68)76-53-62(83-66(71)50-43-36-29-27-32-39-46-59(7)10-3)56-81-85(74,75)79-52-60(67)51-78-84(72,73)80-55-61(54-77-64(69)48-41-34-28-26-31-38-45-58(6)9-2)82-65(70)49-42-35-25-22-19-17-16-18-20-23-30-37-44-57(4)5/h57-62,67H,8-56H2,1-7H3,(H,72,73)(H,74,75)/t58?,59?,60-,61-,62-/m1/s1. The van der Waals surface area contributed by atoms with Crippen LogP contribution in [0, 0.1) is 17.8 Å². The summed E-state index contributed by atoms with van der Waals surface area (Å²) in [6.45, 7) is 11.7. The minimum atomic E-state index is -4.95. The molecule has 19 heteroatoms. The molecule has 0 aromatic heterocycles. The van der Waals surface area contributed by atoms with Crippen molar-refractivity contribution in [3.63, 3.8) is 0 Å². The van der Waals surface area contributed by atoms with Crippen LogP contribution in [0.3, 0.4) is 0 Å². The summed E-state index contributed by atoms with van der Waals surface area (Å²) in [5, 5.41) is 10.5. The smallest absolute Gasteiger partial charge is 0.462 e. The van der Waals surface area contributed by atoms with Gasteiger partial charge in [-0.05, 0) is 43.4 Å². The molecule has 0 saturated carbocycles. The molecule has 0 aliphatic carbocycles. The van der Waals surface area contributed by atoms with E-state index in [1.165, 1.54) is 128 Å². The number of hydrogen-bond acceptors (Lipinski definition) is 15. The van der Waals surface area contributed by atoms with Crippen LogP contribution in [0.2, 0.25) is 0 Å². The van der Waals surface area contributed by atoms with Gasteiger partial charge in [-0.1, -0.05) is 273 Å². The predicted molar refractivity (Wildman–Crippen MR) is 340 cm³/mol. The van der Waals surface area contributed by atoms with Crippen LogP contribution < -0.4 is 0 Å². The van der Waals surface area contributed by atoms with E-state index in [1.807, 2.05) is 0 Å². The second-order valence-electron chi connectivity index (χ2n) is 24.8. The van der Waals surface area contributed by atoms with Crippen molar-refractivity contribution in [3.8, 4) is 0 Å². The van der Waals surface area contributed by atoms with Crippen molar-refractivity contribution in [2.45, 2.75) is 343 Å². The molecule has 0 rings (SSSR count). The summed E-state index contributed by atoms with van der Waals surface area (Å²) < 4.78 is 68.1. The molecule has 0 aliphatic heterocycles. The Morgan fingerprint density at radius 3 is 0.894 bits per heavy atom. The first kappa shape index (κ1) is 83.1. The summed E-state index contributed by atoms with van der Waals surface area (Å²) in [4.78, 5) is 72.3. The quantitative estimate of drug-likeness (QED) is 0.0222. The zero-order valence-corrected chi connectivity index (χ0v) is 56.9. The molecule has 3 N–H and O–H groups in total. The Morgan fingerprint density at radius 1 is 0.341 bits per heavy atom. The molecular weight excluding hydrogens is 1130 g/mol. The average Bonchev–Trinajstić information content (AvgIpc) is 3.57. The van der Waals surface area contributed by atoms with Crippen LogP contribution in [0.5, 0.6) is 0 Å². The zero-order valence-electron chi connectivity index (χ0n) is 55.1. The van der Waals surface area contributed by atoms with Crippen molar-refractivity contribution in [2.24, 2.45) is 17.8 Å². The van der Waals surface area contributed by atoms with Crippen LogP contribution >= 0.6 is 15.6 Å². The molecule has 0 saturated heterocycles. The number of aliphatic hydroxyl groups excluding tert-OH is 1. The number of hydrogen-bond donors (Lipinski definition) is 3. The molecule has 0 spiro atoms. The van der Waals surface area contributed by atoms with Gasteiger partial charge in [-0.15, -0.1) is 0 Å². The van der Waals surface area contributed by atoms with Gasteiger partial charge >= 0.3 is 39.5 Å². The molecule has 4 unspecified atom stereocenters. The Bertz CT molecular complexity index is 1690. The van der Waals surface area contributed by atoms with E-state index < -0.39 is 97.5 Å².